The summed E-state index contributed by atoms with van der Waals surface area (Å²) in [7, 11) is 0. The summed E-state index contributed by atoms with van der Waals surface area (Å²) in [6, 6.07) is 3.99. The van der Waals surface area contributed by atoms with E-state index in [0.29, 0.717) is 16.9 Å². The van der Waals surface area contributed by atoms with Crippen molar-refractivity contribution in [3.8, 4) is 0 Å². The third-order valence-corrected chi connectivity index (χ3v) is 4.08. The smallest absolute Gasteiger partial charge is 0.151 e. The van der Waals surface area contributed by atoms with Gasteiger partial charge in [-0.1, -0.05) is 11.6 Å². The maximum Gasteiger partial charge on any atom is 0.151 e. The van der Waals surface area contributed by atoms with Crippen LogP contribution in [0.15, 0.2) is 12.1 Å². The molecular weight excluding hydrogens is 236 g/mol. The lowest BCUT2D eigenvalue weighted by molar-refractivity contribution is 0.0974. The Hall–Kier alpha value is -1.00. The van der Waals surface area contributed by atoms with Crippen molar-refractivity contribution >= 4 is 23.1 Å². The molecule has 3 aliphatic heterocycles. The first-order chi connectivity index (χ1) is 8.22. The highest BCUT2D eigenvalue weighted by Crippen LogP contribution is 2.30. The van der Waals surface area contributed by atoms with Gasteiger partial charge in [-0.3, -0.25) is 0 Å². The Morgan fingerprint density at radius 1 is 1.35 bits per heavy atom. The number of rotatable bonds is 2. The zero-order chi connectivity index (χ0) is 11.8. The number of pyridine rings is 1. The van der Waals surface area contributed by atoms with E-state index in [1.807, 2.05) is 0 Å². The van der Waals surface area contributed by atoms with Gasteiger partial charge in [-0.25, -0.2) is 4.98 Å². The predicted molar refractivity (Wildman–Crippen MR) is 70.2 cm³/mol. The van der Waals surface area contributed by atoms with Crippen LogP contribution in [0.3, 0.4) is 0 Å². The molecule has 2 bridgehead atoms. The fraction of sp³-hybridized carbons (Fsp3) is 0.583. The van der Waals surface area contributed by atoms with Gasteiger partial charge in [0.2, 0.25) is 0 Å². The van der Waals surface area contributed by atoms with E-state index in [4.69, 9.17) is 17.3 Å². The molecule has 3 N–H and O–H groups in total. The van der Waals surface area contributed by atoms with Gasteiger partial charge in [0.1, 0.15) is 5.15 Å². The van der Waals surface area contributed by atoms with E-state index in [1.54, 1.807) is 12.1 Å². The van der Waals surface area contributed by atoms with Crippen molar-refractivity contribution in [3.05, 3.63) is 17.3 Å². The van der Waals surface area contributed by atoms with Gasteiger partial charge in [0.15, 0.2) is 5.82 Å². The molecule has 3 fully saturated rings. The van der Waals surface area contributed by atoms with Crippen molar-refractivity contribution < 1.29 is 0 Å². The second kappa shape index (κ2) is 4.35. The Kier molecular flexibility index (Phi) is 2.84. The lowest BCUT2D eigenvalue weighted by Crippen LogP contribution is -2.53. The first-order valence-corrected chi connectivity index (χ1v) is 6.51. The fourth-order valence-corrected chi connectivity index (χ4v) is 3.01. The van der Waals surface area contributed by atoms with Crippen molar-refractivity contribution in [2.75, 3.05) is 30.7 Å². The molecule has 0 radical (unpaired) electrons. The van der Waals surface area contributed by atoms with E-state index >= 15 is 0 Å². The summed E-state index contributed by atoms with van der Waals surface area (Å²) in [4.78, 5) is 6.76. The van der Waals surface area contributed by atoms with Crippen molar-refractivity contribution in [2.45, 2.75) is 18.9 Å². The molecule has 1 atom stereocenters. The Labute approximate surface area is 106 Å². The average Bonchev–Trinajstić information content (AvgIpc) is 2.35. The van der Waals surface area contributed by atoms with Gasteiger partial charge < -0.3 is 16.0 Å². The fourth-order valence-electron chi connectivity index (χ4n) is 2.87. The van der Waals surface area contributed by atoms with Gasteiger partial charge >= 0.3 is 0 Å². The number of nitrogens with two attached hydrogens (primary N) is 1. The number of nitrogens with one attached hydrogen (secondary N) is 1. The molecule has 0 amide bonds. The molecule has 4 nitrogen and oxygen atoms in total. The van der Waals surface area contributed by atoms with Crippen LogP contribution in [0.2, 0.25) is 5.15 Å². The van der Waals surface area contributed by atoms with Gasteiger partial charge in [-0.15, -0.1) is 0 Å². The van der Waals surface area contributed by atoms with E-state index in [9.17, 15) is 0 Å². The number of hydrogen-bond acceptors (Lipinski definition) is 4. The lowest BCUT2D eigenvalue weighted by atomic mass is 9.84. The number of nitrogens with zero attached hydrogens (tertiary/aromatic N) is 2. The van der Waals surface area contributed by atoms with Gasteiger partial charge in [0.25, 0.3) is 0 Å². The first kappa shape index (κ1) is 11.1. The molecule has 3 aliphatic rings. The van der Waals surface area contributed by atoms with Crippen molar-refractivity contribution in [2.24, 2.45) is 5.92 Å². The van der Waals surface area contributed by atoms with Gasteiger partial charge in [0, 0.05) is 12.6 Å². The number of halogens is 1. The monoisotopic (exact) mass is 252 g/mol. The molecule has 0 aliphatic carbocycles. The molecular formula is C12H17ClN4. The third-order valence-electron chi connectivity index (χ3n) is 3.87. The number of nitrogen functional groups attached to an aromatic ring is 1. The zero-order valence-corrected chi connectivity index (χ0v) is 10.5. The molecule has 1 unspecified atom stereocenters. The van der Waals surface area contributed by atoms with E-state index < -0.39 is 0 Å². The van der Waals surface area contributed by atoms with Gasteiger partial charge in [0.05, 0.1) is 5.69 Å². The van der Waals surface area contributed by atoms with Crippen LogP contribution in [0.25, 0.3) is 0 Å². The van der Waals surface area contributed by atoms with Crippen molar-refractivity contribution in [1.29, 1.82) is 0 Å². The molecule has 92 valence electrons. The highest BCUT2D eigenvalue weighted by atomic mass is 35.5. The van der Waals surface area contributed by atoms with E-state index in [1.165, 1.54) is 25.9 Å². The van der Waals surface area contributed by atoms with Crippen LogP contribution in [0.1, 0.15) is 12.8 Å². The van der Waals surface area contributed by atoms with E-state index in [2.05, 4.69) is 15.2 Å². The molecule has 1 aromatic heterocycles. The first-order valence-electron chi connectivity index (χ1n) is 6.13. The Morgan fingerprint density at radius 3 is 2.76 bits per heavy atom. The minimum absolute atomic E-state index is 0.464. The molecule has 17 heavy (non-hydrogen) atoms. The van der Waals surface area contributed by atoms with Crippen LogP contribution in [0.4, 0.5) is 11.5 Å². The van der Waals surface area contributed by atoms with E-state index in [-0.39, 0.29) is 0 Å². The van der Waals surface area contributed by atoms with Crippen LogP contribution < -0.4 is 11.1 Å². The van der Waals surface area contributed by atoms with Crippen LogP contribution in [-0.4, -0.2) is 35.6 Å². The number of hydrogen-bond donors (Lipinski definition) is 2. The molecule has 1 aromatic rings. The minimum atomic E-state index is 0.464. The molecule has 4 heterocycles. The standard InChI is InChI=1S/C12H17ClN4/c13-11-2-1-9(14)12(16-11)15-10-7-17-5-3-8(10)4-6-17/h1-2,8,10H,3-7,14H2,(H,15,16). The summed E-state index contributed by atoms with van der Waals surface area (Å²) >= 11 is 5.90. The second-order valence-electron chi connectivity index (χ2n) is 4.96. The molecule has 4 rings (SSSR count). The van der Waals surface area contributed by atoms with Crippen LogP contribution in [-0.2, 0) is 0 Å². The zero-order valence-electron chi connectivity index (χ0n) is 9.69. The van der Waals surface area contributed by atoms with Crippen molar-refractivity contribution in [1.82, 2.24) is 9.88 Å². The topological polar surface area (TPSA) is 54.2 Å². The minimum Gasteiger partial charge on any atom is -0.396 e. The largest absolute Gasteiger partial charge is 0.396 e. The summed E-state index contributed by atoms with van der Waals surface area (Å²) in [5.74, 6) is 1.48. The molecule has 0 spiro atoms. The highest BCUT2D eigenvalue weighted by Gasteiger charge is 2.34. The second-order valence-corrected chi connectivity index (χ2v) is 5.35. The normalized spacial score (nSPS) is 31.5. The summed E-state index contributed by atoms with van der Waals surface area (Å²) in [6.45, 7) is 3.57. The van der Waals surface area contributed by atoms with Crippen LogP contribution in [0, 0.1) is 5.92 Å². The number of fused-ring (bicyclic) bond motifs is 3. The quantitative estimate of drug-likeness (QED) is 0.789. The third kappa shape index (κ3) is 2.19. The summed E-state index contributed by atoms with van der Waals surface area (Å²) in [6.07, 6.45) is 2.55. The molecule has 0 aromatic carbocycles. The summed E-state index contributed by atoms with van der Waals surface area (Å²) in [5, 5.41) is 3.95. The predicted octanol–water partition coefficient (Wildman–Crippen LogP) is 1.82. The number of aromatic nitrogens is 1. The Balaban J connectivity index is 1.76. The summed E-state index contributed by atoms with van der Waals surface area (Å²) in [5.41, 5.74) is 6.58. The molecule has 5 heteroatoms. The highest BCUT2D eigenvalue weighted by molar-refractivity contribution is 6.29. The lowest BCUT2D eigenvalue weighted by Gasteiger charge is -2.45. The Morgan fingerprint density at radius 2 is 2.12 bits per heavy atom. The number of piperidine rings is 3. The van der Waals surface area contributed by atoms with Gasteiger partial charge in [-0.05, 0) is 44.0 Å². The SMILES string of the molecule is Nc1ccc(Cl)nc1NC1CN2CCC1CC2. The van der Waals surface area contributed by atoms with Crippen LogP contribution >= 0.6 is 11.6 Å². The molecule has 0 saturated carbocycles. The maximum absolute atomic E-state index is 5.91. The summed E-state index contributed by atoms with van der Waals surface area (Å²) < 4.78 is 0. The van der Waals surface area contributed by atoms with Crippen LogP contribution in [0.5, 0.6) is 0 Å². The average molecular weight is 253 g/mol. The van der Waals surface area contributed by atoms with Gasteiger partial charge in [-0.2, -0.15) is 0 Å². The number of anilines is 2. The maximum atomic E-state index is 5.91. The van der Waals surface area contributed by atoms with Crippen molar-refractivity contribution in [3.63, 3.8) is 0 Å². The van der Waals surface area contributed by atoms with E-state index in [0.717, 1.165) is 18.3 Å². The molecule has 3 saturated heterocycles. The Bertz CT molecular complexity index is 415.